The molecule has 72 valence electrons. The zero-order valence-corrected chi connectivity index (χ0v) is 10.0. The van der Waals surface area contributed by atoms with E-state index < -0.39 is 0 Å². The number of amides is 1. The Balaban J connectivity index is 2.49. The smallest absolute Gasteiger partial charge is 0.261 e. The Labute approximate surface area is 90.5 Å². The van der Waals surface area contributed by atoms with Crippen LogP contribution in [0.4, 0.5) is 0 Å². The molecule has 1 aromatic heterocycles. The molecule has 0 fully saturated rings. The lowest BCUT2D eigenvalue weighted by atomic mass is 10.4. The van der Waals surface area contributed by atoms with Gasteiger partial charge in [-0.2, -0.15) is 0 Å². The number of hydrogen-bond acceptors (Lipinski definition) is 2. The molecule has 0 bridgehead atoms. The van der Waals surface area contributed by atoms with E-state index in [1.54, 1.807) is 0 Å². The molecule has 1 atom stereocenters. The topological polar surface area (TPSA) is 29.1 Å². The largest absolute Gasteiger partial charge is 0.350 e. The first kappa shape index (κ1) is 10.7. The minimum Gasteiger partial charge on any atom is -0.350 e. The van der Waals surface area contributed by atoms with Gasteiger partial charge in [-0.1, -0.05) is 22.9 Å². The van der Waals surface area contributed by atoms with E-state index >= 15 is 0 Å². The third kappa shape index (κ3) is 3.48. The zero-order chi connectivity index (χ0) is 9.84. The van der Waals surface area contributed by atoms with Gasteiger partial charge in [0.05, 0.1) is 4.88 Å². The average Bonchev–Trinajstić information content (AvgIpc) is 2.47. The Bertz CT molecular complexity index is 296. The van der Waals surface area contributed by atoms with Gasteiger partial charge in [-0.15, -0.1) is 11.3 Å². The van der Waals surface area contributed by atoms with Crippen molar-refractivity contribution in [2.24, 2.45) is 0 Å². The van der Waals surface area contributed by atoms with Gasteiger partial charge >= 0.3 is 0 Å². The Morgan fingerprint density at radius 3 is 2.85 bits per heavy atom. The quantitative estimate of drug-likeness (QED) is 0.833. The zero-order valence-electron chi connectivity index (χ0n) is 7.63. The number of hydrogen-bond donors (Lipinski definition) is 1. The second-order valence-electron chi connectivity index (χ2n) is 2.90. The lowest BCUT2D eigenvalue weighted by Crippen LogP contribution is -2.27. The predicted molar refractivity (Wildman–Crippen MR) is 59.8 cm³/mol. The second-order valence-corrected chi connectivity index (χ2v) is 5.75. The summed E-state index contributed by atoms with van der Waals surface area (Å²) in [4.78, 5) is 13.7. The summed E-state index contributed by atoms with van der Waals surface area (Å²) in [5.74, 6) is 0.0180. The van der Waals surface area contributed by atoms with E-state index in [1.807, 2.05) is 26.0 Å². The molecule has 0 aliphatic heterocycles. The van der Waals surface area contributed by atoms with E-state index in [4.69, 9.17) is 0 Å². The van der Waals surface area contributed by atoms with Crippen LogP contribution in [0.3, 0.4) is 0 Å². The van der Waals surface area contributed by atoms with Crippen LogP contribution >= 0.6 is 27.3 Å². The minimum absolute atomic E-state index is 0.0180. The highest BCUT2D eigenvalue weighted by Gasteiger charge is 2.07. The fourth-order valence-electron chi connectivity index (χ4n) is 0.877. The molecule has 0 aliphatic carbocycles. The van der Waals surface area contributed by atoms with E-state index in [-0.39, 0.29) is 5.91 Å². The van der Waals surface area contributed by atoms with Crippen LogP contribution in [-0.2, 0) is 0 Å². The molecule has 0 radical (unpaired) electrons. The molecule has 1 heterocycles. The maximum atomic E-state index is 11.4. The van der Waals surface area contributed by atoms with Gasteiger partial charge in [0, 0.05) is 16.2 Å². The molecule has 0 saturated heterocycles. The van der Waals surface area contributed by atoms with Crippen LogP contribution in [0.5, 0.6) is 0 Å². The molecule has 2 nitrogen and oxygen atoms in total. The van der Waals surface area contributed by atoms with Gasteiger partial charge in [0.2, 0.25) is 0 Å². The van der Waals surface area contributed by atoms with Crippen LogP contribution in [0.15, 0.2) is 12.1 Å². The maximum absolute atomic E-state index is 11.4. The van der Waals surface area contributed by atoms with Crippen molar-refractivity contribution >= 4 is 33.2 Å². The standard InChI is InChI=1S/C9H12BrNOS/c1-6(10)5-11-9(12)8-4-3-7(2)13-8/h3-4,6H,5H2,1-2H3,(H,11,12). The molecule has 0 saturated carbocycles. The van der Waals surface area contributed by atoms with Gasteiger partial charge in [-0.05, 0) is 19.1 Å². The van der Waals surface area contributed by atoms with E-state index in [0.717, 1.165) is 9.75 Å². The van der Waals surface area contributed by atoms with Gasteiger partial charge < -0.3 is 5.32 Å². The monoisotopic (exact) mass is 261 g/mol. The van der Waals surface area contributed by atoms with Crippen LogP contribution in [0, 0.1) is 6.92 Å². The van der Waals surface area contributed by atoms with E-state index in [0.29, 0.717) is 11.4 Å². The number of rotatable bonds is 3. The summed E-state index contributed by atoms with van der Waals surface area (Å²) in [7, 11) is 0. The summed E-state index contributed by atoms with van der Waals surface area (Å²) in [6, 6.07) is 3.81. The van der Waals surface area contributed by atoms with Crippen LogP contribution < -0.4 is 5.32 Å². The number of alkyl halides is 1. The van der Waals surface area contributed by atoms with Crippen molar-refractivity contribution in [1.82, 2.24) is 5.32 Å². The predicted octanol–water partition coefficient (Wildman–Crippen LogP) is 2.57. The molecule has 0 aromatic carbocycles. The molecule has 0 aliphatic rings. The van der Waals surface area contributed by atoms with Crippen LogP contribution in [0.2, 0.25) is 0 Å². The Morgan fingerprint density at radius 1 is 1.69 bits per heavy atom. The molecule has 1 aromatic rings. The van der Waals surface area contributed by atoms with E-state index in [2.05, 4.69) is 21.2 Å². The normalized spacial score (nSPS) is 12.5. The number of aryl methyl sites for hydroxylation is 1. The highest BCUT2D eigenvalue weighted by Crippen LogP contribution is 2.14. The van der Waals surface area contributed by atoms with E-state index in [1.165, 1.54) is 11.3 Å². The van der Waals surface area contributed by atoms with Crippen molar-refractivity contribution in [3.63, 3.8) is 0 Å². The van der Waals surface area contributed by atoms with Gasteiger partial charge in [0.25, 0.3) is 5.91 Å². The molecule has 1 amide bonds. The lowest BCUT2D eigenvalue weighted by Gasteiger charge is -2.04. The summed E-state index contributed by atoms with van der Waals surface area (Å²) in [6.45, 7) is 4.66. The minimum atomic E-state index is 0.0180. The third-order valence-electron chi connectivity index (χ3n) is 1.51. The van der Waals surface area contributed by atoms with Crippen molar-refractivity contribution < 1.29 is 4.79 Å². The van der Waals surface area contributed by atoms with Crippen molar-refractivity contribution in [3.05, 3.63) is 21.9 Å². The fraction of sp³-hybridized carbons (Fsp3) is 0.444. The highest BCUT2D eigenvalue weighted by atomic mass is 79.9. The van der Waals surface area contributed by atoms with Crippen molar-refractivity contribution in [3.8, 4) is 0 Å². The van der Waals surface area contributed by atoms with Gasteiger partial charge in [0.1, 0.15) is 0 Å². The average molecular weight is 262 g/mol. The van der Waals surface area contributed by atoms with Gasteiger partial charge in [-0.25, -0.2) is 0 Å². The molecule has 1 N–H and O–H groups in total. The number of nitrogens with one attached hydrogen (secondary N) is 1. The van der Waals surface area contributed by atoms with Crippen molar-refractivity contribution in [1.29, 1.82) is 0 Å². The number of carbonyl (C=O) groups is 1. The fourth-order valence-corrected chi connectivity index (χ4v) is 1.82. The summed E-state index contributed by atoms with van der Waals surface area (Å²) in [5.41, 5.74) is 0. The highest BCUT2D eigenvalue weighted by molar-refractivity contribution is 9.09. The molecule has 13 heavy (non-hydrogen) atoms. The number of carbonyl (C=O) groups excluding carboxylic acids is 1. The summed E-state index contributed by atoms with van der Waals surface area (Å²) >= 11 is 4.89. The summed E-state index contributed by atoms with van der Waals surface area (Å²) in [6.07, 6.45) is 0. The van der Waals surface area contributed by atoms with E-state index in [9.17, 15) is 4.79 Å². The van der Waals surface area contributed by atoms with Crippen LogP contribution in [-0.4, -0.2) is 17.3 Å². The Hall–Kier alpha value is -0.350. The van der Waals surface area contributed by atoms with Gasteiger partial charge in [0.15, 0.2) is 0 Å². The molecule has 4 heteroatoms. The summed E-state index contributed by atoms with van der Waals surface area (Å²) < 4.78 is 0. The van der Waals surface area contributed by atoms with Crippen LogP contribution in [0.25, 0.3) is 0 Å². The second kappa shape index (κ2) is 4.77. The first-order valence-electron chi connectivity index (χ1n) is 4.08. The van der Waals surface area contributed by atoms with Crippen molar-refractivity contribution in [2.45, 2.75) is 18.7 Å². The number of halogens is 1. The number of thiophene rings is 1. The first-order chi connectivity index (χ1) is 6.09. The SMILES string of the molecule is Cc1ccc(C(=O)NCC(C)Br)s1. The molecule has 0 spiro atoms. The third-order valence-corrected chi connectivity index (χ3v) is 2.83. The Morgan fingerprint density at radius 2 is 2.38 bits per heavy atom. The molecular formula is C9H12BrNOS. The molecular weight excluding hydrogens is 250 g/mol. The molecule has 1 rings (SSSR count). The first-order valence-corrected chi connectivity index (χ1v) is 5.81. The summed E-state index contributed by atoms with van der Waals surface area (Å²) in [5, 5.41) is 2.84. The van der Waals surface area contributed by atoms with Crippen LogP contribution in [0.1, 0.15) is 21.5 Å². The molecule has 1 unspecified atom stereocenters. The maximum Gasteiger partial charge on any atom is 0.261 e. The Kier molecular flexibility index (Phi) is 3.93. The van der Waals surface area contributed by atoms with Gasteiger partial charge in [-0.3, -0.25) is 4.79 Å². The van der Waals surface area contributed by atoms with Crippen molar-refractivity contribution in [2.75, 3.05) is 6.54 Å². The lowest BCUT2D eigenvalue weighted by molar-refractivity contribution is 0.0958.